The van der Waals surface area contributed by atoms with Crippen molar-refractivity contribution < 1.29 is 5.11 Å². The first-order chi connectivity index (χ1) is 5.17. The zero-order chi connectivity index (χ0) is 8.32. The molecule has 0 aromatic carbocycles. The molecule has 0 bridgehead atoms. The Labute approximate surface area is 69.0 Å². The van der Waals surface area contributed by atoms with Crippen LogP contribution in [0.5, 0.6) is 0 Å². The van der Waals surface area contributed by atoms with Crippen molar-refractivity contribution in [2.45, 2.75) is 38.6 Å². The van der Waals surface area contributed by atoms with Crippen molar-refractivity contribution in [2.24, 2.45) is 5.92 Å². The minimum atomic E-state index is 0.237. The fourth-order valence-electron chi connectivity index (χ4n) is 1.93. The van der Waals surface area contributed by atoms with Gasteiger partial charge in [-0.2, -0.15) is 0 Å². The summed E-state index contributed by atoms with van der Waals surface area (Å²) in [5.74, 6) is 0.654. The largest absolute Gasteiger partial charge is 0.396 e. The summed E-state index contributed by atoms with van der Waals surface area (Å²) in [6.07, 6.45) is 3.47. The van der Waals surface area contributed by atoms with Crippen molar-refractivity contribution in [1.29, 1.82) is 0 Å². The third kappa shape index (κ3) is 2.17. The van der Waals surface area contributed by atoms with Crippen LogP contribution in [0.2, 0.25) is 0 Å². The van der Waals surface area contributed by atoms with Crippen LogP contribution in [0.25, 0.3) is 0 Å². The van der Waals surface area contributed by atoms with Crippen molar-refractivity contribution in [1.82, 2.24) is 5.32 Å². The molecule has 66 valence electrons. The average Bonchev–Trinajstić information content (AvgIpc) is 1.94. The maximum Gasteiger partial charge on any atom is 0.0434 e. The Morgan fingerprint density at radius 1 is 1.55 bits per heavy atom. The highest BCUT2D eigenvalue weighted by atomic mass is 16.3. The Morgan fingerprint density at radius 2 is 2.27 bits per heavy atom. The first-order valence-corrected chi connectivity index (χ1v) is 4.52. The van der Waals surface area contributed by atoms with Gasteiger partial charge in [-0.1, -0.05) is 0 Å². The monoisotopic (exact) mass is 157 g/mol. The lowest BCUT2D eigenvalue weighted by Crippen LogP contribution is -2.50. The zero-order valence-corrected chi connectivity index (χ0v) is 7.56. The van der Waals surface area contributed by atoms with Gasteiger partial charge in [-0.05, 0) is 45.6 Å². The molecule has 1 saturated heterocycles. The van der Waals surface area contributed by atoms with Gasteiger partial charge in [-0.15, -0.1) is 0 Å². The Kier molecular flexibility index (Phi) is 2.90. The van der Waals surface area contributed by atoms with E-state index in [1.165, 1.54) is 12.8 Å². The molecule has 1 unspecified atom stereocenters. The summed E-state index contributed by atoms with van der Waals surface area (Å²) >= 11 is 0. The molecular formula is C9H19NO. The summed E-state index contributed by atoms with van der Waals surface area (Å²) < 4.78 is 0. The third-order valence-electron chi connectivity index (χ3n) is 2.81. The van der Waals surface area contributed by atoms with Gasteiger partial charge in [0, 0.05) is 12.1 Å². The quantitative estimate of drug-likeness (QED) is 0.630. The van der Waals surface area contributed by atoms with Gasteiger partial charge in [-0.3, -0.25) is 0 Å². The van der Waals surface area contributed by atoms with E-state index in [0.717, 1.165) is 13.0 Å². The van der Waals surface area contributed by atoms with E-state index in [4.69, 9.17) is 5.11 Å². The number of piperidine rings is 1. The minimum Gasteiger partial charge on any atom is -0.396 e. The topological polar surface area (TPSA) is 32.3 Å². The molecule has 0 amide bonds. The van der Waals surface area contributed by atoms with Crippen molar-refractivity contribution >= 4 is 0 Å². The molecule has 0 aromatic rings. The maximum absolute atomic E-state index is 8.82. The fourth-order valence-corrected chi connectivity index (χ4v) is 1.93. The van der Waals surface area contributed by atoms with Crippen molar-refractivity contribution in [3.05, 3.63) is 0 Å². The van der Waals surface area contributed by atoms with Crippen LogP contribution < -0.4 is 5.32 Å². The lowest BCUT2D eigenvalue weighted by molar-refractivity contribution is 0.150. The minimum absolute atomic E-state index is 0.237. The van der Waals surface area contributed by atoms with E-state index < -0.39 is 0 Å². The van der Waals surface area contributed by atoms with Gasteiger partial charge in [0.2, 0.25) is 0 Å². The first kappa shape index (κ1) is 9.01. The molecule has 1 aliphatic heterocycles. The summed E-state index contributed by atoms with van der Waals surface area (Å²) in [7, 11) is 0. The second-order valence-electron chi connectivity index (χ2n) is 4.00. The van der Waals surface area contributed by atoms with Gasteiger partial charge in [0.05, 0.1) is 0 Å². The molecule has 2 nitrogen and oxygen atoms in total. The zero-order valence-electron chi connectivity index (χ0n) is 7.56. The van der Waals surface area contributed by atoms with E-state index in [9.17, 15) is 0 Å². The molecule has 0 saturated carbocycles. The maximum atomic E-state index is 8.82. The normalized spacial score (nSPS) is 30.3. The average molecular weight is 157 g/mol. The lowest BCUT2D eigenvalue weighted by Gasteiger charge is -2.39. The second kappa shape index (κ2) is 3.55. The first-order valence-electron chi connectivity index (χ1n) is 4.52. The molecule has 0 aromatic heterocycles. The van der Waals surface area contributed by atoms with Gasteiger partial charge >= 0.3 is 0 Å². The standard InChI is InChI=1S/C9H19NO/c1-9(2)8(5-7-11)4-3-6-10-9/h8,10-11H,3-7H2,1-2H3. The molecule has 0 radical (unpaired) electrons. The van der Waals surface area contributed by atoms with Gasteiger partial charge in [-0.25, -0.2) is 0 Å². The van der Waals surface area contributed by atoms with Crippen molar-refractivity contribution in [3.63, 3.8) is 0 Å². The van der Waals surface area contributed by atoms with Gasteiger partial charge in [0.25, 0.3) is 0 Å². The van der Waals surface area contributed by atoms with Gasteiger partial charge in [0.1, 0.15) is 0 Å². The highest BCUT2D eigenvalue weighted by molar-refractivity contribution is 4.89. The van der Waals surface area contributed by atoms with E-state index in [1.807, 2.05) is 0 Å². The van der Waals surface area contributed by atoms with Crippen LogP contribution >= 0.6 is 0 Å². The van der Waals surface area contributed by atoms with Gasteiger partial charge < -0.3 is 10.4 Å². The number of aliphatic hydroxyl groups is 1. The Hall–Kier alpha value is -0.0800. The molecule has 0 aliphatic carbocycles. The second-order valence-corrected chi connectivity index (χ2v) is 4.00. The fraction of sp³-hybridized carbons (Fsp3) is 1.00. The molecule has 1 fully saturated rings. The van der Waals surface area contributed by atoms with E-state index >= 15 is 0 Å². The molecule has 1 aliphatic rings. The lowest BCUT2D eigenvalue weighted by atomic mass is 9.79. The van der Waals surface area contributed by atoms with Crippen molar-refractivity contribution in [2.75, 3.05) is 13.2 Å². The summed E-state index contributed by atoms with van der Waals surface area (Å²) in [5, 5.41) is 12.3. The molecule has 1 atom stereocenters. The van der Waals surface area contributed by atoms with Crippen LogP contribution in [0, 0.1) is 5.92 Å². The Balaban J connectivity index is 2.45. The number of aliphatic hydroxyl groups excluding tert-OH is 1. The van der Waals surface area contributed by atoms with Crippen LogP contribution in [-0.2, 0) is 0 Å². The number of rotatable bonds is 2. The van der Waals surface area contributed by atoms with Gasteiger partial charge in [0.15, 0.2) is 0 Å². The summed E-state index contributed by atoms with van der Waals surface area (Å²) in [5.41, 5.74) is 0.237. The predicted molar refractivity (Wildman–Crippen MR) is 46.5 cm³/mol. The van der Waals surface area contributed by atoms with Crippen LogP contribution in [-0.4, -0.2) is 23.8 Å². The number of nitrogens with one attached hydrogen (secondary N) is 1. The highest BCUT2D eigenvalue weighted by Crippen LogP contribution is 2.27. The number of hydrogen-bond donors (Lipinski definition) is 2. The van der Waals surface area contributed by atoms with Crippen molar-refractivity contribution in [3.8, 4) is 0 Å². The predicted octanol–water partition coefficient (Wildman–Crippen LogP) is 1.15. The Morgan fingerprint density at radius 3 is 2.82 bits per heavy atom. The molecule has 2 N–H and O–H groups in total. The van der Waals surface area contributed by atoms with E-state index in [2.05, 4.69) is 19.2 Å². The smallest absolute Gasteiger partial charge is 0.0434 e. The summed E-state index contributed by atoms with van der Waals surface area (Å²) in [6, 6.07) is 0. The third-order valence-corrected chi connectivity index (χ3v) is 2.81. The van der Waals surface area contributed by atoms with E-state index in [1.54, 1.807) is 0 Å². The molecule has 11 heavy (non-hydrogen) atoms. The molecule has 1 rings (SSSR count). The number of hydrogen-bond acceptors (Lipinski definition) is 2. The van der Waals surface area contributed by atoms with Crippen LogP contribution in [0.15, 0.2) is 0 Å². The van der Waals surface area contributed by atoms with Crippen LogP contribution in [0.3, 0.4) is 0 Å². The highest BCUT2D eigenvalue weighted by Gasteiger charge is 2.30. The SMILES string of the molecule is CC1(C)NCCCC1CCO. The van der Waals surface area contributed by atoms with Crippen LogP contribution in [0.4, 0.5) is 0 Å². The van der Waals surface area contributed by atoms with Crippen LogP contribution in [0.1, 0.15) is 33.1 Å². The molecule has 1 heterocycles. The van der Waals surface area contributed by atoms with E-state index in [-0.39, 0.29) is 5.54 Å². The molecule has 2 heteroatoms. The summed E-state index contributed by atoms with van der Waals surface area (Å²) in [6.45, 7) is 5.92. The summed E-state index contributed by atoms with van der Waals surface area (Å²) in [4.78, 5) is 0. The van der Waals surface area contributed by atoms with E-state index in [0.29, 0.717) is 12.5 Å². The Bertz CT molecular complexity index is 121. The molecular weight excluding hydrogens is 138 g/mol. The molecule has 0 spiro atoms.